The zero-order valence-corrected chi connectivity index (χ0v) is 14.0. The molecule has 23 heavy (non-hydrogen) atoms. The van der Waals surface area contributed by atoms with E-state index >= 15 is 0 Å². The van der Waals surface area contributed by atoms with Gasteiger partial charge in [0, 0.05) is 18.1 Å². The van der Waals surface area contributed by atoms with Crippen molar-refractivity contribution in [3.63, 3.8) is 0 Å². The molecule has 0 aromatic heterocycles. The molecule has 0 saturated heterocycles. The molecule has 3 nitrogen and oxygen atoms in total. The van der Waals surface area contributed by atoms with E-state index in [1.165, 1.54) is 0 Å². The fraction of sp³-hybridized carbons (Fsp3) is 0.222. The molecule has 1 amide bonds. The highest BCUT2D eigenvalue weighted by atomic mass is 35.5. The van der Waals surface area contributed by atoms with E-state index in [4.69, 9.17) is 28.5 Å². The Morgan fingerprint density at radius 3 is 2.48 bits per heavy atom. The summed E-state index contributed by atoms with van der Waals surface area (Å²) < 4.78 is 0. The number of halogens is 2. The maximum Gasteiger partial charge on any atom is 0.255 e. The van der Waals surface area contributed by atoms with Gasteiger partial charge in [0.2, 0.25) is 0 Å². The lowest BCUT2D eigenvalue weighted by atomic mass is 10.1. The summed E-state index contributed by atoms with van der Waals surface area (Å²) in [5.74, 6) is -0.183. The largest absolute Gasteiger partial charge is 0.337 e. The van der Waals surface area contributed by atoms with Crippen molar-refractivity contribution in [3.8, 4) is 6.07 Å². The summed E-state index contributed by atoms with van der Waals surface area (Å²) in [4.78, 5) is 14.4. The van der Waals surface area contributed by atoms with Crippen LogP contribution in [0.1, 0.15) is 22.3 Å². The lowest BCUT2D eigenvalue weighted by molar-refractivity contribution is 0.0761. The molecule has 0 fully saturated rings. The first-order valence-corrected chi connectivity index (χ1v) is 8.02. The Morgan fingerprint density at radius 2 is 1.83 bits per heavy atom. The van der Waals surface area contributed by atoms with Crippen LogP contribution < -0.4 is 0 Å². The molecular weight excluding hydrogens is 331 g/mol. The lowest BCUT2D eigenvalue weighted by Crippen LogP contribution is -2.34. The van der Waals surface area contributed by atoms with Crippen molar-refractivity contribution in [1.82, 2.24) is 4.90 Å². The van der Waals surface area contributed by atoms with Crippen molar-refractivity contribution < 1.29 is 4.79 Å². The summed E-state index contributed by atoms with van der Waals surface area (Å²) in [6, 6.07) is 16.8. The van der Waals surface area contributed by atoms with Crippen LogP contribution in [0.25, 0.3) is 0 Å². The van der Waals surface area contributed by atoms with Gasteiger partial charge in [-0.2, -0.15) is 5.26 Å². The summed E-state index contributed by atoms with van der Waals surface area (Å²) in [5.41, 5.74) is 1.55. The molecular formula is C18H16Cl2N2O. The highest BCUT2D eigenvalue weighted by molar-refractivity contribution is 6.36. The second-order valence-corrected chi connectivity index (χ2v) is 5.90. The minimum absolute atomic E-state index is 0.183. The van der Waals surface area contributed by atoms with E-state index in [-0.39, 0.29) is 12.3 Å². The van der Waals surface area contributed by atoms with Gasteiger partial charge in [0.05, 0.1) is 23.1 Å². The topological polar surface area (TPSA) is 44.1 Å². The summed E-state index contributed by atoms with van der Waals surface area (Å²) in [6.07, 6.45) is 1.01. The number of hydrogen-bond donors (Lipinski definition) is 0. The number of carbonyl (C=O) groups excluding carboxylic acids is 1. The van der Waals surface area contributed by atoms with Crippen LogP contribution in [0.5, 0.6) is 0 Å². The van der Waals surface area contributed by atoms with Crippen molar-refractivity contribution in [2.24, 2.45) is 0 Å². The monoisotopic (exact) mass is 346 g/mol. The molecule has 0 aliphatic heterocycles. The van der Waals surface area contributed by atoms with Crippen LogP contribution in [-0.2, 0) is 6.42 Å². The third-order valence-corrected chi connectivity index (χ3v) is 4.00. The van der Waals surface area contributed by atoms with Crippen LogP contribution in [0.2, 0.25) is 10.0 Å². The molecule has 118 valence electrons. The standard InChI is InChI=1S/C18H16Cl2N2O/c19-15-7-8-16(17(20)13-15)18(23)22(11-4-10-21)12-9-14-5-2-1-3-6-14/h1-3,5-8,13H,4,9,11-12H2. The minimum Gasteiger partial charge on any atom is -0.337 e. The van der Waals surface area contributed by atoms with E-state index in [0.29, 0.717) is 28.7 Å². The number of rotatable bonds is 6. The normalized spacial score (nSPS) is 10.1. The molecule has 2 rings (SSSR count). The maximum atomic E-state index is 12.7. The number of nitriles is 1. The second-order valence-electron chi connectivity index (χ2n) is 5.06. The molecule has 0 N–H and O–H groups in total. The van der Waals surface area contributed by atoms with Crippen molar-refractivity contribution in [2.45, 2.75) is 12.8 Å². The van der Waals surface area contributed by atoms with Gasteiger partial charge >= 0.3 is 0 Å². The van der Waals surface area contributed by atoms with E-state index in [1.807, 2.05) is 30.3 Å². The van der Waals surface area contributed by atoms with Gasteiger partial charge in [-0.1, -0.05) is 53.5 Å². The molecule has 2 aromatic carbocycles. The fourth-order valence-corrected chi connectivity index (χ4v) is 2.73. The Labute approximate surface area is 146 Å². The van der Waals surface area contributed by atoms with Gasteiger partial charge in [-0.05, 0) is 30.2 Å². The minimum atomic E-state index is -0.183. The van der Waals surface area contributed by atoms with E-state index < -0.39 is 0 Å². The van der Waals surface area contributed by atoms with E-state index in [1.54, 1.807) is 23.1 Å². The Hall–Kier alpha value is -2.02. The quantitative estimate of drug-likeness (QED) is 0.767. The first kappa shape index (κ1) is 17.3. The maximum absolute atomic E-state index is 12.7. The molecule has 0 radical (unpaired) electrons. The van der Waals surface area contributed by atoms with Gasteiger partial charge in [0.15, 0.2) is 0 Å². The van der Waals surface area contributed by atoms with Crippen molar-refractivity contribution in [1.29, 1.82) is 5.26 Å². The molecule has 0 spiro atoms. The van der Waals surface area contributed by atoms with Gasteiger partial charge in [0.1, 0.15) is 0 Å². The highest BCUT2D eigenvalue weighted by Gasteiger charge is 2.18. The highest BCUT2D eigenvalue weighted by Crippen LogP contribution is 2.22. The van der Waals surface area contributed by atoms with Crippen molar-refractivity contribution >= 4 is 29.1 Å². The van der Waals surface area contributed by atoms with Gasteiger partial charge in [-0.25, -0.2) is 0 Å². The molecule has 5 heteroatoms. The zero-order valence-electron chi connectivity index (χ0n) is 12.5. The summed E-state index contributed by atoms with van der Waals surface area (Å²) in [5, 5.41) is 9.62. The zero-order chi connectivity index (χ0) is 16.7. The van der Waals surface area contributed by atoms with Crippen LogP contribution in [0, 0.1) is 11.3 Å². The first-order chi connectivity index (χ1) is 11.1. The molecule has 0 atom stereocenters. The second kappa shape index (κ2) is 8.57. The molecule has 0 unspecified atom stereocenters. The predicted molar refractivity (Wildman–Crippen MR) is 92.7 cm³/mol. The van der Waals surface area contributed by atoms with Gasteiger partial charge < -0.3 is 4.90 Å². The number of nitrogens with zero attached hydrogens (tertiary/aromatic N) is 2. The average Bonchev–Trinajstić information content (AvgIpc) is 2.55. The van der Waals surface area contributed by atoms with Gasteiger partial charge in [-0.15, -0.1) is 0 Å². The van der Waals surface area contributed by atoms with Gasteiger partial charge in [0.25, 0.3) is 5.91 Å². The molecule has 0 heterocycles. The Balaban J connectivity index is 2.13. The first-order valence-electron chi connectivity index (χ1n) is 7.27. The summed E-state index contributed by atoms with van der Waals surface area (Å²) in [6.45, 7) is 0.907. The van der Waals surface area contributed by atoms with E-state index in [2.05, 4.69) is 6.07 Å². The Bertz CT molecular complexity index is 711. The molecule has 2 aromatic rings. The van der Waals surface area contributed by atoms with E-state index in [0.717, 1.165) is 12.0 Å². The Morgan fingerprint density at radius 1 is 1.09 bits per heavy atom. The fourth-order valence-electron chi connectivity index (χ4n) is 2.24. The third-order valence-electron chi connectivity index (χ3n) is 3.46. The lowest BCUT2D eigenvalue weighted by Gasteiger charge is -2.22. The summed E-state index contributed by atoms with van der Waals surface area (Å²) >= 11 is 12.0. The van der Waals surface area contributed by atoms with E-state index in [9.17, 15) is 4.79 Å². The molecule has 0 saturated carbocycles. The number of benzene rings is 2. The number of hydrogen-bond acceptors (Lipinski definition) is 2. The molecule has 0 bridgehead atoms. The molecule has 0 aliphatic carbocycles. The smallest absolute Gasteiger partial charge is 0.255 e. The van der Waals surface area contributed by atoms with Crippen LogP contribution in [-0.4, -0.2) is 23.9 Å². The van der Waals surface area contributed by atoms with Crippen molar-refractivity contribution in [3.05, 3.63) is 69.7 Å². The number of amides is 1. The predicted octanol–water partition coefficient (Wildman–Crippen LogP) is 4.59. The molecule has 0 aliphatic rings. The van der Waals surface area contributed by atoms with Gasteiger partial charge in [-0.3, -0.25) is 4.79 Å². The SMILES string of the molecule is N#CCCN(CCc1ccccc1)C(=O)c1ccc(Cl)cc1Cl. The van der Waals surface area contributed by atoms with Crippen LogP contribution >= 0.6 is 23.2 Å². The summed E-state index contributed by atoms with van der Waals surface area (Å²) in [7, 11) is 0. The Kier molecular flexibility index (Phi) is 6.46. The third kappa shape index (κ3) is 4.99. The average molecular weight is 347 g/mol. The van der Waals surface area contributed by atoms with Crippen molar-refractivity contribution in [2.75, 3.05) is 13.1 Å². The van der Waals surface area contributed by atoms with Crippen LogP contribution in [0.3, 0.4) is 0 Å². The number of carbonyl (C=O) groups is 1. The van der Waals surface area contributed by atoms with Crippen LogP contribution in [0.4, 0.5) is 0 Å². The van der Waals surface area contributed by atoms with Crippen LogP contribution in [0.15, 0.2) is 48.5 Å².